The molecule has 0 radical (unpaired) electrons. The lowest BCUT2D eigenvalue weighted by atomic mass is 9.93. The molecule has 57 heavy (non-hydrogen) atoms. The molecule has 3 aromatic rings. The van der Waals surface area contributed by atoms with Gasteiger partial charge in [-0.1, -0.05) is 89.9 Å². The number of carboxylic acid groups (broad SMARTS) is 1. The number of carbonyl (C=O) groups is 6. The number of benzene rings is 2. The quantitative estimate of drug-likeness (QED) is 0.121. The summed E-state index contributed by atoms with van der Waals surface area (Å²) >= 11 is 1.13. The number of piperidine rings is 1. The van der Waals surface area contributed by atoms with Crippen molar-refractivity contribution in [3.05, 3.63) is 87.4 Å². The van der Waals surface area contributed by atoms with E-state index in [4.69, 9.17) is 4.98 Å². The van der Waals surface area contributed by atoms with Gasteiger partial charge in [0.2, 0.25) is 11.8 Å². The van der Waals surface area contributed by atoms with Crippen LogP contribution in [0.4, 0.5) is 0 Å². The number of aromatic nitrogens is 1. The number of amides is 5. The molecule has 0 spiro atoms. The number of rotatable bonds is 18. The minimum absolute atomic E-state index is 0.0648. The van der Waals surface area contributed by atoms with Crippen molar-refractivity contribution >= 4 is 46.8 Å². The summed E-state index contributed by atoms with van der Waals surface area (Å²) in [6.07, 6.45) is 4.02. The van der Waals surface area contributed by atoms with E-state index in [1.165, 1.54) is 4.90 Å². The highest BCUT2D eigenvalue weighted by atomic mass is 32.1. The predicted molar refractivity (Wildman–Crippen MR) is 218 cm³/mol. The Kier molecular flexibility index (Phi) is 14.7. The van der Waals surface area contributed by atoms with Crippen molar-refractivity contribution in [2.75, 3.05) is 13.6 Å². The summed E-state index contributed by atoms with van der Waals surface area (Å²) in [5.74, 6) is -4.06. The van der Waals surface area contributed by atoms with Crippen molar-refractivity contribution < 1.29 is 33.9 Å². The summed E-state index contributed by atoms with van der Waals surface area (Å²) in [6.45, 7) is 10.2. The Hall–Kier alpha value is -4.95. The van der Waals surface area contributed by atoms with Crippen LogP contribution in [0.3, 0.4) is 0 Å². The number of hydrogen-bond acceptors (Lipinski definition) is 9. The smallest absolute Gasteiger partial charge is 0.306 e. The van der Waals surface area contributed by atoms with E-state index in [-0.39, 0.29) is 59.4 Å². The summed E-state index contributed by atoms with van der Waals surface area (Å²) in [5, 5.41) is 20.7. The van der Waals surface area contributed by atoms with Crippen molar-refractivity contribution in [3.63, 3.8) is 0 Å². The molecular weight excluding hydrogens is 745 g/mol. The van der Waals surface area contributed by atoms with Gasteiger partial charge in [-0.2, -0.15) is 0 Å². The molecule has 1 saturated heterocycles. The minimum Gasteiger partial charge on any atom is -0.481 e. The van der Waals surface area contributed by atoms with Gasteiger partial charge in [-0.25, -0.2) is 4.98 Å². The SMILES string of the molecule is CC[C@H](C)[C@H](NC(=O)[C@H]1CCCCN1C)C(=O)N[C@H](C[C@H](c1nc(C(=O)N[C@@H](Cc2ccccc2)C[C@H](C)C(=O)O)cs1)N1C(=O)c2ccccc2C1=O)C(C)C. The molecular formula is C43H56N6O7S. The molecule has 1 fully saturated rings. The van der Waals surface area contributed by atoms with Crippen molar-refractivity contribution in [2.45, 2.75) is 110 Å². The number of likely N-dealkylation sites (tertiary alicyclic amines) is 1. The summed E-state index contributed by atoms with van der Waals surface area (Å²) in [5.41, 5.74) is 1.52. The summed E-state index contributed by atoms with van der Waals surface area (Å²) < 4.78 is 0. The number of nitrogens with zero attached hydrogens (tertiary/aromatic N) is 3. The van der Waals surface area contributed by atoms with Crippen LogP contribution in [-0.4, -0.2) is 93.2 Å². The summed E-state index contributed by atoms with van der Waals surface area (Å²) in [7, 11) is 1.92. The van der Waals surface area contributed by atoms with Crippen LogP contribution in [0.2, 0.25) is 0 Å². The molecule has 0 bridgehead atoms. The second-order valence-corrected chi connectivity index (χ2v) is 16.8. The number of carboxylic acids is 1. The van der Waals surface area contributed by atoms with Crippen molar-refractivity contribution in [3.8, 4) is 0 Å². The molecule has 0 saturated carbocycles. The van der Waals surface area contributed by atoms with Gasteiger partial charge in [0.25, 0.3) is 17.7 Å². The van der Waals surface area contributed by atoms with E-state index in [0.717, 1.165) is 42.7 Å². The average molecular weight is 801 g/mol. The van der Waals surface area contributed by atoms with Crippen molar-refractivity contribution in [1.82, 2.24) is 30.7 Å². The fourth-order valence-electron chi connectivity index (χ4n) is 7.60. The molecule has 4 N–H and O–H groups in total. The largest absolute Gasteiger partial charge is 0.481 e. The second kappa shape index (κ2) is 19.5. The van der Waals surface area contributed by atoms with E-state index >= 15 is 0 Å². The molecule has 0 aliphatic carbocycles. The Bertz CT molecular complexity index is 1880. The fraction of sp³-hybridized carbons (Fsp3) is 0.512. The van der Waals surface area contributed by atoms with Crippen LogP contribution in [-0.2, 0) is 20.8 Å². The monoisotopic (exact) mass is 800 g/mol. The molecule has 2 aliphatic heterocycles. The predicted octanol–water partition coefficient (Wildman–Crippen LogP) is 5.48. The number of thiazole rings is 1. The Morgan fingerprint density at radius 3 is 2.14 bits per heavy atom. The Labute approximate surface area is 339 Å². The molecule has 2 aromatic carbocycles. The third-order valence-corrected chi connectivity index (χ3v) is 12.3. The lowest BCUT2D eigenvalue weighted by molar-refractivity contribution is -0.141. The Morgan fingerprint density at radius 1 is 0.895 bits per heavy atom. The average Bonchev–Trinajstić information content (AvgIpc) is 3.78. The number of likely N-dealkylation sites (N-methyl/N-ethyl adjacent to an activating group) is 1. The van der Waals surface area contributed by atoms with Gasteiger partial charge in [0.05, 0.1) is 29.1 Å². The number of imide groups is 1. The standard InChI is InChI=1S/C43H56N6O7S/c1-7-26(4)36(47-38(51)34-19-13-14-20-48(34)6)39(52)45-32(25(2)3)23-35(49-41(53)30-17-11-12-18-31(30)42(49)54)40-46-33(24-57-40)37(50)44-29(21-27(5)43(55)56)22-28-15-9-8-10-16-28/h8-12,15-18,24-27,29,32,34-36H,7,13-14,19-23H2,1-6H3,(H,44,50)(H,45,52)(H,47,51)(H,55,56)/t26-,27-,29+,32+,34+,35+,36-/m0/s1. The molecule has 306 valence electrons. The zero-order valence-electron chi connectivity index (χ0n) is 33.7. The summed E-state index contributed by atoms with van der Waals surface area (Å²) in [4.78, 5) is 89.0. The number of nitrogens with one attached hydrogen (secondary N) is 3. The van der Waals surface area contributed by atoms with E-state index in [9.17, 15) is 33.9 Å². The molecule has 7 atom stereocenters. The lowest BCUT2D eigenvalue weighted by Gasteiger charge is -2.35. The molecule has 13 nitrogen and oxygen atoms in total. The number of carbonyl (C=O) groups excluding carboxylic acids is 5. The van der Waals surface area contributed by atoms with E-state index < -0.39 is 53.8 Å². The van der Waals surface area contributed by atoms with E-state index in [0.29, 0.717) is 17.8 Å². The van der Waals surface area contributed by atoms with Gasteiger partial charge in [0, 0.05) is 17.5 Å². The number of aliphatic carboxylic acids is 1. The first-order chi connectivity index (χ1) is 27.2. The Balaban J connectivity index is 1.42. The first-order valence-electron chi connectivity index (χ1n) is 20.0. The first kappa shape index (κ1) is 43.2. The first-order valence-corrected chi connectivity index (χ1v) is 20.9. The number of fused-ring (bicyclic) bond motifs is 1. The highest BCUT2D eigenvalue weighted by molar-refractivity contribution is 7.10. The van der Waals surface area contributed by atoms with Gasteiger partial charge in [0.1, 0.15) is 16.7 Å². The van der Waals surface area contributed by atoms with Crippen LogP contribution < -0.4 is 16.0 Å². The van der Waals surface area contributed by atoms with Crippen LogP contribution in [0, 0.1) is 17.8 Å². The maximum atomic E-state index is 14.2. The zero-order chi connectivity index (χ0) is 41.4. The Morgan fingerprint density at radius 2 is 1.54 bits per heavy atom. The molecule has 5 rings (SSSR count). The topological polar surface area (TPSA) is 178 Å². The second-order valence-electron chi connectivity index (χ2n) is 15.9. The van der Waals surface area contributed by atoms with Crippen molar-refractivity contribution in [2.24, 2.45) is 17.8 Å². The van der Waals surface area contributed by atoms with Crippen LogP contribution in [0.5, 0.6) is 0 Å². The van der Waals surface area contributed by atoms with Gasteiger partial charge in [-0.15, -0.1) is 11.3 Å². The van der Waals surface area contributed by atoms with Crippen LogP contribution in [0.25, 0.3) is 0 Å². The van der Waals surface area contributed by atoms with E-state index in [1.54, 1.807) is 36.6 Å². The number of hydrogen-bond donors (Lipinski definition) is 4. The fourth-order valence-corrected chi connectivity index (χ4v) is 8.50. The van der Waals surface area contributed by atoms with Gasteiger partial charge in [-0.05, 0) is 75.2 Å². The lowest BCUT2D eigenvalue weighted by Crippen LogP contribution is -2.57. The van der Waals surface area contributed by atoms with Gasteiger partial charge in [0.15, 0.2) is 0 Å². The molecule has 2 aliphatic rings. The maximum Gasteiger partial charge on any atom is 0.306 e. The van der Waals surface area contributed by atoms with Crippen LogP contribution >= 0.6 is 11.3 Å². The molecule has 14 heteroatoms. The van der Waals surface area contributed by atoms with Gasteiger partial charge >= 0.3 is 5.97 Å². The minimum atomic E-state index is -0.969. The normalized spacial score (nSPS) is 18.9. The third-order valence-electron chi connectivity index (χ3n) is 11.4. The van der Waals surface area contributed by atoms with E-state index in [1.807, 2.05) is 70.0 Å². The molecule has 5 amide bonds. The maximum absolute atomic E-state index is 14.2. The molecule has 3 heterocycles. The summed E-state index contributed by atoms with van der Waals surface area (Å²) in [6, 6.07) is 12.9. The molecule has 1 aromatic heterocycles. The van der Waals surface area contributed by atoms with Crippen LogP contribution in [0.15, 0.2) is 60.0 Å². The van der Waals surface area contributed by atoms with Gasteiger partial charge in [-0.3, -0.25) is 38.6 Å². The van der Waals surface area contributed by atoms with Crippen LogP contribution in [0.1, 0.15) is 121 Å². The van der Waals surface area contributed by atoms with E-state index in [2.05, 4.69) is 16.0 Å². The highest BCUT2D eigenvalue weighted by Gasteiger charge is 2.43. The zero-order valence-corrected chi connectivity index (χ0v) is 34.5. The molecule has 0 unspecified atom stereocenters. The third kappa shape index (κ3) is 10.5. The van der Waals surface area contributed by atoms with Crippen molar-refractivity contribution in [1.29, 1.82) is 0 Å². The highest BCUT2D eigenvalue weighted by Crippen LogP contribution is 2.37. The van der Waals surface area contributed by atoms with Gasteiger partial charge < -0.3 is 21.1 Å².